The van der Waals surface area contributed by atoms with Crippen molar-refractivity contribution in [3.8, 4) is 11.5 Å². The number of benzene rings is 2. The van der Waals surface area contributed by atoms with Crippen LogP contribution in [0, 0.1) is 0 Å². The molecule has 0 aromatic heterocycles. The Morgan fingerprint density at radius 2 is 1.86 bits per heavy atom. The van der Waals surface area contributed by atoms with Crippen LogP contribution in [0.1, 0.15) is 19.8 Å². The second-order valence-corrected chi connectivity index (χ2v) is 7.02. The van der Waals surface area contributed by atoms with Gasteiger partial charge in [-0.2, -0.15) is 0 Å². The molecule has 8 heteroatoms. The van der Waals surface area contributed by atoms with E-state index in [2.05, 4.69) is 21.2 Å². The van der Waals surface area contributed by atoms with E-state index in [4.69, 9.17) is 25.8 Å². The Morgan fingerprint density at radius 3 is 2.54 bits per heavy atom. The molecule has 2 rings (SSSR count). The molecular weight excluding hydrogens is 450 g/mol. The van der Waals surface area contributed by atoms with Crippen LogP contribution in [0.15, 0.2) is 46.9 Å². The van der Waals surface area contributed by atoms with Gasteiger partial charge in [0, 0.05) is 16.6 Å². The van der Waals surface area contributed by atoms with Gasteiger partial charge in [-0.3, -0.25) is 9.59 Å². The highest BCUT2D eigenvalue weighted by Gasteiger charge is 2.09. The van der Waals surface area contributed by atoms with E-state index in [1.807, 2.05) is 13.0 Å². The summed E-state index contributed by atoms with van der Waals surface area (Å²) in [6.07, 6.45) is 0.593. The number of rotatable bonds is 10. The number of carbonyl (C=O) groups is 2. The van der Waals surface area contributed by atoms with E-state index in [9.17, 15) is 9.59 Å². The highest BCUT2D eigenvalue weighted by atomic mass is 79.9. The maximum atomic E-state index is 11.8. The fourth-order valence-electron chi connectivity index (χ4n) is 2.21. The third-order valence-electron chi connectivity index (χ3n) is 3.49. The van der Waals surface area contributed by atoms with Crippen LogP contribution >= 0.6 is 27.5 Å². The highest BCUT2D eigenvalue weighted by Crippen LogP contribution is 2.27. The smallest absolute Gasteiger partial charge is 0.306 e. The minimum atomic E-state index is -0.465. The summed E-state index contributed by atoms with van der Waals surface area (Å²) >= 11 is 9.37. The molecule has 0 spiro atoms. The average Bonchev–Trinajstić information content (AvgIpc) is 2.67. The minimum absolute atomic E-state index is 0.143. The SMILES string of the molecule is CCOc1ccc(NC(=O)COC(=O)CCCOc2ccc(Br)cc2Cl)cc1. The summed E-state index contributed by atoms with van der Waals surface area (Å²) in [5, 5.41) is 3.14. The number of hydrogen-bond donors (Lipinski definition) is 1. The van der Waals surface area contributed by atoms with Crippen molar-refractivity contribution in [2.45, 2.75) is 19.8 Å². The van der Waals surface area contributed by atoms with Gasteiger partial charge in [-0.15, -0.1) is 0 Å². The molecule has 0 fully saturated rings. The number of carbonyl (C=O) groups excluding carboxylic acids is 2. The van der Waals surface area contributed by atoms with Crippen molar-refractivity contribution in [1.29, 1.82) is 0 Å². The third kappa shape index (κ3) is 7.78. The lowest BCUT2D eigenvalue weighted by Gasteiger charge is -2.09. The van der Waals surface area contributed by atoms with Gasteiger partial charge in [0.05, 0.1) is 18.2 Å². The number of hydrogen-bond acceptors (Lipinski definition) is 5. The first kappa shape index (κ1) is 22.0. The zero-order valence-corrected chi connectivity index (χ0v) is 17.7. The topological polar surface area (TPSA) is 73.9 Å². The molecule has 28 heavy (non-hydrogen) atoms. The van der Waals surface area contributed by atoms with E-state index >= 15 is 0 Å². The summed E-state index contributed by atoms with van der Waals surface area (Å²) in [6.45, 7) is 2.44. The van der Waals surface area contributed by atoms with Gasteiger partial charge in [0.15, 0.2) is 6.61 Å². The summed E-state index contributed by atoms with van der Waals surface area (Å²) in [4.78, 5) is 23.6. The van der Waals surface area contributed by atoms with Crippen molar-refractivity contribution in [2.24, 2.45) is 0 Å². The molecule has 6 nitrogen and oxygen atoms in total. The third-order valence-corrected chi connectivity index (χ3v) is 4.28. The number of anilines is 1. The van der Waals surface area contributed by atoms with Crippen LogP contribution in [0.5, 0.6) is 11.5 Å². The normalized spacial score (nSPS) is 10.2. The van der Waals surface area contributed by atoms with Crippen molar-refractivity contribution in [2.75, 3.05) is 25.1 Å². The molecule has 1 amide bonds. The zero-order chi connectivity index (χ0) is 20.4. The monoisotopic (exact) mass is 469 g/mol. The molecule has 0 heterocycles. The molecule has 0 aliphatic carbocycles. The van der Waals surface area contributed by atoms with Gasteiger partial charge in [-0.25, -0.2) is 0 Å². The van der Waals surface area contributed by atoms with Gasteiger partial charge in [0.1, 0.15) is 11.5 Å². The van der Waals surface area contributed by atoms with Gasteiger partial charge < -0.3 is 19.5 Å². The Balaban J connectivity index is 1.62. The largest absolute Gasteiger partial charge is 0.494 e. The minimum Gasteiger partial charge on any atom is -0.494 e. The lowest BCUT2D eigenvalue weighted by molar-refractivity contribution is -0.147. The van der Waals surface area contributed by atoms with Crippen molar-refractivity contribution in [1.82, 2.24) is 0 Å². The number of ether oxygens (including phenoxy) is 3. The van der Waals surface area contributed by atoms with Gasteiger partial charge in [0.25, 0.3) is 5.91 Å². The average molecular weight is 471 g/mol. The Bertz CT molecular complexity index is 798. The standard InChI is InChI=1S/C20H21BrClNO5/c1-2-26-16-8-6-15(7-9-16)23-19(24)13-28-20(25)4-3-11-27-18-10-5-14(21)12-17(18)22/h5-10,12H,2-4,11,13H2,1H3,(H,23,24). The second kappa shape index (κ2) is 11.6. The number of esters is 1. The van der Waals surface area contributed by atoms with E-state index < -0.39 is 11.9 Å². The van der Waals surface area contributed by atoms with E-state index in [-0.39, 0.29) is 13.0 Å². The molecule has 2 aromatic rings. The molecule has 0 saturated heterocycles. The van der Waals surface area contributed by atoms with Crippen molar-refractivity contribution in [3.63, 3.8) is 0 Å². The van der Waals surface area contributed by atoms with Crippen molar-refractivity contribution < 1.29 is 23.8 Å². The Morgan fingerprint density at radius 1 is 1.11 bits per heavy atom. The molecule has 150 valence electrons. The van der Waals surface area contributed by atoms with Crippen LogP contribution in [0.3, 0.4) is 0 Å². The summed E-state index contributed by atoms with van der Waals surface area (Å²) < 4.78 is 16.7. The molecular formula is C20H21BrClNO5. The second-order valence-electron chi connectivity index (χ2n) is 5.69. The van der Waals surface area contributed by atoms with Crippen molar-refractivity contribution in [3.05, 3.63) is 52.0 Å². The van der Waals surface area contributed by atoms with E-state index in [0.717, 1.165) is 10.2 Å². The summed E-state index contributed by atoms with van der Waals surface area (Å²) in [6, 6.07) is 12.2. The fourth-order valence-corrected chi connectivity index (χ4v) is 2.94. The number of amides is 1. The predicted octanol–water partition coefficient (Wildman–Crippen LogP) is 4.84. The maximum Gasteiger partial charge on any atom is 0.306 e. The predicted molar refractivity (Wildman–Crippen MR) is 111 cm³/mol. The molecule has 1 N–H and O–H groups in total. The van der Waals surface area contributed by atoms with Gasteiger partial charge >= 0.3 is 5.97 Å². The van der Waals surface area contributed by atoms with E-state index in [1.165, 1.54) is 0 Å². The van der Waals surface area contributed by atoms with Crippen LogP contribution in [-0.2, 0) is 14.3 Å². The summed E-state index contributed by atoms with van der Waals surface area (Å²) in [5.74, 6) is 0.397. The lowest BCUT2D eigenvalue weighted by atomic mass is 10.3. The van der Waals surface area contributed by atoms with Crippen LogP contribution in [0.25, 0.3) is 0 Å². The van der Waals surface area contributed by atoms with Crippen LogP contribution in [0.4, 0.5) is 5.69 Å². The molecule has 0 atom stereocenters. The van der Waals surface area contributed by atoms with Crippen LogP contribution in [-0.4, -0.2) is 31.7 Å². The molecule has 0 unspecified atom stereocenters. The summed E-state index contributed by atoms with van der Waals surface area (Å²) in [7, 11) is 0. The fraction of sp³-hybridized carbons (Fsp3) is 0.300. The maximum absolute atomic E-state index is 11.8. The molecule has 0 saturated carbocycles. The van der Waals surface area contributed by atoms with Gasteiger partial charge in [-0.05, 0) is 55.8 Å². The van der Waals surface area contributed by atoms with Crippen molar-refractivity contribution >= 4 is 45.1 Å². The zero-order valence-electron chi connectivity index (χ0n) is 15.4. The Labute approximate surface area is 177 Å². The van der Waals surface area contributed by atoms with Crippen LogP contribution in [0.2, 0.25) is 5.02 Å². The quantitative estimate of drug-likeness (QED) is 0.397. The summed E-state index contributed by atoms with van der Waals surface area (Å²) in [5.41, 5.74) is 0.601. The number of nitrogens with one attached hydrogen (secondary N) is 1. The van der Waals surface area contributed by atoms with E-state index in [0.29, 0.717) is 36.1 Å². The highest BCUT2D eigenvalue weighted by molar-refractivity contribution is 9.10. The molecule has 0 bridgehead atoms. The van der Waals surface area contributed by atoms with Gasteiger partial charge in [-0.1, -0.05) is 27.5 Å². The molecule has 2 aromatic carbocycles. The Kier molecular flexibility index (Phi) is 9.10. The first-order valence-electron chi connectivity index (χ1n) is 8.74. The lowest BCUT2D eigenvalue weighted by Crippen LogP contribution is -2.21. The van der Waals surface area contributed by atoms with Crippen LogP contribution < -0.4 is 14.8 Å². The number of halogens is 2. The Hall–Kier alpha value is -2.25. The first-order valence-corrected chi connectivity index (χ1v) is 9.91. The molecule has 0 radical (unpaired) electrons. The van der Waals surface area contributed by atoms with E-state index in [1.54, 1.807) is 36.4 Å². The molecule has 0 aliphatic rings. The van der Waals surface area contributed by atoms with Gasteiger partial charge in [0.2, 0.25) is 0 Å². The molecule has 0 aliphatic heterocycles. The first-order chi connectivity index (χ1) is 13.5.